The third-order valence-electron chi connectivity index (χ3n) is 3.96. The fraction of sp³-hybridized carbons (Fsp3) is 0.278. The highest BCUT2D eigenvalue weighted by Gasteiger charge is 2.18. The van der Waals surface area contributed by atoms with Crippen LogP contribution in [0.1, 0.15) is 22.8 Å². The van der Waals surface area contributed by atoms with Crippen molar-refractivity contribution in [2.24, 2.45) is 0 Å². The van der Waals surface area contributed by atoms with Gasteiger partial charge in [-0.05, 0) is 36.8 Å². The van der Waals surface area contributed by atoms with Crippen molar-refractivity contribution in [2.75, 3.05) is 23.7 Å². The van der Waals surface area contributed by atoms with Crippen LogP contribution in [0.4, 0.5) is 5.69 Å². The molecule has 2 aromatic carbocycles. The highest BCUT2D eigenvalue weighted by Crippen LogP contribution is 2.35. The largest absolute Gasteiger partial charge is 0.370 e. The van der Waals surface area contributed by atoms with Crippen molar-refractivity contribution in [3.05, 3.63) is 58.6 Å². The maximum absolute atomic E-state index is 12.4. The van der Waals surface area contributed by atoms with Gasteiger partial charge in [-0.2, -0.15) is 0 Å². The molecule has 1 heterocycles. The fourth-order valence-electron chi connectivity index (χ4n) is 2.66. The average Bonchev–Trinajstić information content (AvgIpc) is 2.59. The molecule has 2 aromatic rings. The van der Waals surface area contributed by atoms with Gasteiger partial charge in [0, 0.05) is 40.9 Å². The molecule has 3 nitrogen and oxygen atoms in total. The quantitative estimate of drug-likeness (QED) is 0.900. The monoisotopic (exact) mass is 346 g/mol. The standard InChI is InChI=1S/C18H19ClN2OS/c1-2-21-9-10-23-17-8-7-13(11-16(17)21)18(22)20-12-14-5-3-4-6-15(14)19/h3-8,11H,2,9-10,12H2,1H3,(H,20,22). The number of thioether (sulfide) groups is 1. The van der Waals surface area contributed by atoms with E-state index in [9.17, 15) is 4.79 Å². The van der Waals surface area contributed by atoms with Crippen LogP contribution in [0.25, 0.3) is 0 Å². The summed E-state index contributed by atoms with van der Waals surface area (Å²) in [7, 11) is 0. The number of fused-ring (bicyclic) bond motifs is 1. The van der Waals surface area contributed by atoms with Crippen LogP contribution < -0.4 is 10.2 Å². The number of hydrogen-bond acceptors (Lipinski definition) is 3. The van der Waals surface area contributed by atoms with Gasteiger partial charge in [0.15, 0.2) is 0 Å². The van der Waals surface area contributed by atoms with Gasteiger partial charge in [0.2, 0.25) is 0 Å². The van der Waals surface area contributed by atoms with Gasteiger partial charge in [0.1, 0.15) is 0 Å². The number of rotatable bonds is 4. The summed E-state index contributed by atoms with van der Waals surface area (Å²) in [5, 5.41) is 3.62. The molecule has 0 spiro atoms. The predicted octanol–water partition coefficient (Wildman–Crippen LogP) is 4.20. The number of carbonyl (C=O) groups excluding carboxylic acids is 1. The topological polar surface area (TPSA) is 32.3 Å². The highest BCUT2D eigenvalue weighted by atomic mass is 35.5. The zero-order chi connectivity index (χ0) is 16.2. The Morgan fingerprint density at radius 3 is 2.91 bits per heavy atom. The van der Waals surface area contributed by atoms with E-state index in [-0.39, 0.29) is 5.91 Å². The van der Waals surface area contributed by atoms with Crippen molar-refractivity contribution < 1.29 is 4.79 Å². The van der Waals surface area contributed by atoms with Gasteiger partial charge in [-0.25, -0.2) is 0 Å². The second kappa shape index (κ2) is 7.28. The Morgan fingerprint density at radius 1 is 1.30 bits per heavy atom. The molecule has 1 N–H and O–H groups in total. The lowest BCUT2D eigenvalue weighted by molar-refractivity contribution is 0.0951. The molecule has 5 heteroatoms. The SMILES string of the molecule is CCN1CCSc2ccc(C(=O)NCc3ccccc3Cl)cc21. The minimum Gasteiger partial charge on any atom is -0.370 e. The highest BCUT2D eigenvalue weighted by molar-refractivity contribution is 7.99. The molecule has 3 rings (SSSR count). The zero-order valence-corrected chi connectivity index (χ0v) is 14.6. The van der Waals surface area contributed by atoms with Crippen LogP contribution in [0.2, 0.25) is 5.02 Å². The van der Waals surface area contributed by atoms with Crippen LogP contribution in [0.5, 0.6) is 0 Å². The summed E-state index contributed by atoms with van der Waals surface area (Å²) < 4.78 is 0. The molecule has 0 atom stereocenters. The molecule has 1 amide bonds. The maximum atomic E-state index is 12.4. The molecule has 120 valence electrons. The molecule has 23 heavy (non-hydrogen) atoms. The van der Waals surface area contributed by atoms with Crippen molar-refractivity contribution in [1.29, 1.82) is 0 Å². The third kappa shape index (κ3) is 3.65. The Morgan fingerprint density at radius 2 is 2.13 bits per heavy atom. The van der Waals surface area contributed by atoms with Crippen LogP contribution in [0.3, 0.4) is 0 Å². The lowest BCUT2D eigenvalue weighted by Gasteiger charge is -2.30. The first kappa shape index (κ1) is 16.2. The van der Waals surface area contributed by atoms with E-state index in [0.29, 0.717) is 17.1 Å². The molecule has 0 aromatic heterocycles. The Balaban J connectivity index is 1.74. The number of anilines is 1. The van der Waals surface area contributed by atoms with Crippen LogP contribution >= 0.6 is 23.4 Å². The smallest absolute Gasteiger partial charge is 0.251 e. The average molecular weight is 347 g/mol. The van der Waals surface area contributed by atoms with Gasteiger partial charge >= 0.3 is 0 Å². The number of benzene rings is 2. The number of nitrogens with zero attached hydrogens (tertiary/aromatic N) is 1. The molecule has 0 saturated heterocycles. The summed E-state index contributed by atoms with van der Waals surface area (Å²) in [6, 6.07) is 13.5. The molecule has 0 fully saturated rings. The molecule has 1 aliphatic rings. The summed E-state index contributed by atoms with van der Waals surface area (Å²) in [6.45, 7) is 4.56. The van der Waals surface area contributed by atoms with Gasteiger partial charge < -0.3 is 10.2 Å². The number of halogens is 1. The van der Waals surface area contributed by atoms with Gasteiger partial charge in [0.05, 0.1) is 5.69 Å². The van der Waals surface area contributed by atoms with Crippen molar-refractivity contribution in [1.82, 2.24) is 5.32 Å². The van der Waals surface area contributed by atoms with E-state index >= 15 is 0 Å². The Hall–Kier alpha value is -1.65. The lowest BCUT2D eigenvalue weighted by atomic mass is 10.1. The van der Waals surface area contributed by atoms with E-state index in [1.807, 2.05) is 54.2 Å². The predicted molar refractivity (Wildman–Crippen MR) is 97.7 cm³/mol. The molecule has 1 aliphatic heterocycles. The molecule has 0 radical (unpaired) electrons. The van der Waals surface area contributed by atoms with E-state index in [1.54, 1.807) is 0 Å². The minimum atomic E-state index is -0.0700. The number of carbonyl (C=O) groups is 1. The molecule has 0 bridgehead atoms. The molecule has 0 saturated carbocycles. The Bertz CT molecular complexity index is 720. The second-order valence-corrected chi connectivity index (χ2v) is 6.93. The summed E-state index contributed by atoms with van der Waals surface area (Å²) >= 11 is 7.98. The Labute approximate surface area is 146 Å². The first-order valence-corrected chi connectivity index (χ1v) is 9.09. The van der Waals surface area contributed by atoms with Gasteiger partial charge in [-0.1, -0.05) is 29.8 Å². The van der Waals surface area contributed by atoms with E-state index in [0.717, 1.165) is 30.1 Å². The summed E-state index contributed by atoms with van der Waals surface area (Å²) in [5.41, 5.74) is 2.78. The molecule has 0 aliphatic carbocycles. The zero-order valence-electron chi connectivity index (χ0n) is 13.0. The van der Waals surface area contributed by atoms with E-state index < -0.39 is 0 Å². The number of nitrogens with one attached hydrogen (secondary N) is 1. The van der Waals surface area contributed by atoms with E-state index in [4.69, 9.17) is 11.6 Å². The van der Waals surface area contributed by atoms with Crippen molar-refractivity contribution in [2.45, 2.75) is 18.4 Å². The maximum Gasteiger partial charge on any atom is 0.251 e. The summed E-state index contributed by atoms with van der Waals surface area (Å²) in [6.07, 6.45) is 0. The van der Waals surface area contributed by atoms with Crippen LogP contribution in [0.15, 0.2) is 47.4 Å². The van der Waals surface area contributed by atoms with Gasteiger partial charge in [0.25, 0.3) is 5.91 Å². The first-order valence-electron chi connectivity index (χ1n) is 7.72. The molecular weight excluding hydrogens is 328 g/mol. The lowest BCUT2D eigenvalue weighted by Crippen LogP contribution is -2.29. The van der Waals surface area contributed by atoms with Crippen molar-refractivity contribution >= 4 is 35.0 Å². The number of hydrogen-bond donors (Lipinski definition) is 1. The third-order valence-corrected chi connectivity index (χ3v) is 5.37. The minimum absolute atomic E-state index is 0.0700. The number of amides is 1. The molecule has 0 unspecified atom stereocenters. The fourth-order valence-corrected chi connectivity index (χ4v) is 3.90. The van der Waals surface area contributed by atoms with Gasteiger partial charge in [-0.3, -0.25) is 4.79 Å². The van der Waals surface area contributed by atoms with Gasteiger partial charge in [-0.15, -0.1) is 11.8 Å². The normalized spacial score (nSPS) is 13.6. The van der Waals surface area contributed by atoms with Crippen molar-refractivity contribution in [3.8, 4) is 0 Å². The van der Waals surface area contributed by atoms with Crippen LogP contribution in [-0.4, -0.2) is 24.7 Å². The first-order chi connectivity index (χ1) is 11.2. The van der Waals surface area contributed by atoms with Crippen LogP contribution in [-0.2, 0) is 6.54 Å². The second-order valence-electron chi connectivity index (χ2n) is 5.38. The van der Waals surface area contributed by atoms with E-state index in [2.05, 4.69) is 17.1 Å². The molecular formula is C18H19ClN2OS. The summed E-state index contributed by atoms with van der Waals surface area (Å²) in [5.74, 6) is 1.03. The van der Waals surface area contributed by atoms with Crippen molar-refractivity contribution in [3.63, 3.8) is 0 Å². The van der Waals surface area contributed by atoms with Crippen LogP contribution in [0, 0.1) is 0 Å². The van der Waals surface area contributed by atoms with E-state index in [1.165, 1.54) is 4.90 Å². The Kier molecular flexibility index (Phi) is 5.13. The summed E-state index contributed by atoms with van der Waals surface area (Å²) in [4.78, 5) is 16.0.